The van der Waals surface area contributed by atoms with Gasteiger partial charge in [0.25, 0.3) is 5.91 Å². The lowest BCUT2D eigenvalue weighted by atomic mass is 10.1. The highest BCUT2D eigenvalue weighted by atomic mass is 16.5. The van der Waals surface area contributed by atoms with Gasteiger partial charge in [-0.3, -0.25) is 9.59 Å². The maximum absolute atomic E-state index is 12.9. The van der Waals surface area contributed by atoms with Crippen LogP contribution in [0.1, 0.15) is 65.4 Å². The molecule has 1 aliphatic rings. The molecule has 0 radical (unpaired) electrons. The average Bonchev–Trinajstić information content (AvgIpc) is 3.23. The van der Waals surface area contributed by atoms with Gasteiger partial charge in [0.2, 0.25) is 5.91 Å². The molecule has 0 spiro atoms. The van der Waals surface area contributed by atoms with Crippen LogP contribution >= 0.6 is 0 Å². The van der Waals surface area contributed by atoms with Crippen molar-refractivity contribution in [2.75, 3.05) is 19.6 Å². The number of aromatic nitrogens is 1. The number of hydrogen-bond acceptors (Lipinski definition) is 5. The highest BCUT2D eigenvalue weighted by Crippen LogP contribution is 2.20. The summed E-state index contributed by atoms with van der Waals surface area (Å²) in [7, 11) is 0. The first-order chi connectivity index (χ1) is 13.0. The van der Waals surface area contributed by atoms with Crippen molar-refractivity contribution in [3.05, 3.63) is 40.7 Å². The van der Waals surface area contributed by atoms with Gasteiger partial charge in [0.1, 0.15) is 11.5 Å². The zero-order valence-corrected chi connectivity index (χ0v) is 16.0. The molecular formula is C20H27N3O4. The molecule has 1 saturated heterocycles. The smallest absolute Gasteiger partial charge is 0.289 e. The van der Waals surface area contributed by atoms with Crippen molar-refractivity contribution < 1.29 is 18.5 Å². The molecule has 27 heavy (non-hydrogen) atoms. The summed E-state index contributed by atoms with van der Waals surface area (Å²) >= 11 is 0. The lowest BCUT2D eigenvalue weighted by molar-refractivity contribution is -0.121. The molecule has 0 atom stereocenters. The van der Waals surface area contributed by atoms with Crippen LogP contribution in [0.25, 0.3) is 0 Å². The van der Waals surface area contributed by atoms with E-state index in [-0.39, 0.29) is 11.8 Å². The number of nitrogens with zero attached hydrogens (tertiary/aromatic N) is 2. The molecule has 146 valence electrons. The van der Waals surface area contributed by atoms with E-state index >= 15 is 0 Å². The Labute approximate surface area is 159 Å². The lowest BCUT2D eigenvalue weighted by Crippen LogP contribution is -2.35. The van der Waals surface area contributed by atoms with Gasteiger partial charge in [0.15, 0.2) is 5.76 Å². The summed E-state index contributed by atoms with van der Waals surface area (Å²) in [6, 6.07) is 3.53. The fourth-order valence-corrected chi connectivity index (χ4v) is 3.32. The number of nitrogens with one attached hydrogen (secondary N) is 1. The second kappa shape index (κ2) is 8.88. The Morgan fingerprint density at radius 1 is 1.19 bits per heavy atom. The van der Waals surface area contributed by atoms with E-state index in [1.165, 1.54) is 0 Å². The van der Waals surface area contributed by atoms with Crippen LogP contribution in [0, 0.1) is 13.8 Å². The molecular weight excluding hydrogens is 346 g/mol. The highest BCUT2D eigenvalue weighted by molar-refractivity contribution is 5.92. The zero-order valence-electron chi connectivity index (χ0n) is 16.0. The fourth-order valence-electron chi connectivity index (χ4n) is 3.32. The molecule has 3 heterocycles. The largest absolute Gasteiger partial charge is 0.456 e. The van der Waals surface area contributed by atoms with Gasteiger partial charge in [-0.25, -0.2) is 0 Å². The topological polar surface area (TPSA) is 88.6 Å². The maximum atomic E-state index is 12.9. The van der Waals surface area contributed by atoms with E-state index < -0.39 is 0 Å². The minimum Gasteiger partial charge on any atom is -0.456 e. The molecule has 0 unspecified atom stereocenters. The minimum atomic E-state index is -0.160. The Morgan fingerprint density at radius 3 is 2.78 bits per heavy atom. The summed E-state index contributed by atoms with van der Waals surface area (Å²) in [4.78, 5) is 26.5. The summed E-state index contributed by atoms with van der Waals surface area (Å²) < 4.78 is 11.0. The van der Waals surface area contributed by atoms with E-state index in [1.807, 2.05) is 19.9 Å². The third kappa shape index (κ3) is 4.99. The van der Waals surface area contributed by atoms with Crippen LogP contribution in [0.3, 0.4) is 0 Å². The molecule has 7 nitrogen and oxygen atoms in total. The molecule has 2 amide bonds. The van der Waals surface area contributed by atoms with Gasteiger partial charge < -0.3 is 19.2 Å². The zero-order chi connectivity index (χ0) is 19.2. The van der Waals surface area contributed by atoms with Crippen molar-refractivity contribution in [3.63, 3.8) is 0 Å². The second-order valence-electron chi connectivity index (χ2n) is 7.05. The summed E-state index contributed by atoms with van der Waals surface area (Å²) in [5.41, 5.74) is 1.81. The van der Waals surface area contributed by atoms with Gasteiger partial charge in [-0.1, -0.05) is 18.0 Å². The molecule has 0 saturated carbocycles. The number of aryl methyl sites for hydroxylation is 2. The summed E-state index contributed by atoms with van der Waals surface area (Å²) in [5.74, 6) is 1.60. The Hall–Kier alpha value is -2.57. The van der Waals surface area contributed by atoms with E-state index in [1.54, 1.807) is 11.0 Å². The number of rotatable bonds is 3. The van der Waals surface area contributed by atoms with Gasteiger partial charge >= 0.3 is 0 Å². The Kier molecular flexibility index (Phi) is 6.32. The van der Waals surface area contributed by atoms with E-state index in [0.29, 0.717) is 37.5 Å². The van der Waals surface area contributed by atoms with Crippen molar-refractivity contribution >= 4 is 11.8 Å². The maximum Gasteiger partial charge on any atom is 0.289 e. The first kappa shape index (κ1) is 19.2. The predicted molar refractivity (Wildman–Crippen MR) is 99.5 cm³/mol. The Morgan fingerprint density at radius 2 is 2.00 bits per heavy atom. The monoisotopic (exact) mass is 373 g/mol. The number of carbonyl (C=O) groups excluding carboxylic acids is 2. The van der Waals surface area contributed by atoms with E-state index in [0.717, 1.165) is 49.2 Å². The normalized spacial score (nSPS) is 16.7. The Balaban J connectivity index is 1.68. The van der Waals surface area contributed by atoms with Gasteiger partial charge in [0.05, 0.1) is 5.69 Å². The number of furan rings is 1. The lowest BCUT2D eigenvalue weighted by Gasteiger charge is -2.21. The molecule has 1 aliphatic heterocycles. The number of amides is 2. The molecule has 0 aliphatic carbocycles. The second-order valence-corrected chi connectivity index (χ2v) is 7.05. The number of hydrogen-bond donors (Lipinski definition) is 1. The fraction of sp³-hybridized carbons (Fsp3) is 0.550. The summed E-state index contributed by atoms with van der Waals surface area (Å²) in [6.45, 7) is 5.52. The van der Waals surface area contributed by atoms with Crippen LogP contribution in [0.4, 0.5) is 0 Å². The van der Waals surface area contributed by atoms with Crippen LogP contribution in [0.15, 0.2) is 21.1 Å². The molecule has 0 aromatic carbocycles. The standard InChI is InChI=1S/C20H27N3O4/c1-14-17(15(2)27-22-14)13-16-7-8-18(26-16)20(25)23-11-6-4-3-5-10-21-19(24)9-12-23/h7-8H,3-6,9-13H2,1-2H3,(H,21,24). The van der Waals surface area contributed by atoms with Gasteiger partial charge in [0, 0.05) is 38.0 Å². The minimum absolute atomic E-state index is 0.00626. The first-order valence-electron chi connectivity index (χ1n) is 9.61. The Bertz CT molecular complexity index is 774. The third-order valence-electron chi connectivity index (χ3n) is 4.98. The molecule has 7 heteroatoms. The van der Waals surface area contributed by atoms with Crippen LogP contribution in [-0.2, 0) is 11.2 Å². The van der Waals surface area contributed by atoms with Gasteiger partial charge in [-0.05, 0) is 38.8 Å². The van der Waals surface area contributed by atoms with E-state index in [2.05, 4.69) is 10.5 Å². The molecule has 2 aromatic rings. The SMILES string of the molecule is Cc1noc(C)c1Cc1ccc(C(=O)N2CCCCCCNC(=O)CC2)o1. The predicted octanol–water partition coefficient (Wildman–Crippen LogP) is 3.00. The average molecular weight is 373 g/mol. The number of carbonyl (C=O) groups is 2. The molecule has 3 rings (SSSR count). The quantitative estimate of drug-likeness (QED) is 0.893. The van der Waals surface area contributed by atoms with Crippen LogP contribution in [0.5, 0.6) is 0 Å². The molecule has 1 N–H and O–H groups in total. The first-order valence-corrected chi connectivity index (χ1v) is 9.61. The summed E-state index contributed by atoms with van der Waals surface area (Å²) in [5, 5.41) is 6.85. The molecule has 1 fully saturated rings. The highest BCUT2D eigenvalue weighted by Gasteiger charge is 2.21. The van der Waals surface area contributed by atoms with E-state index in [9.17, 15) is 9.59 Å². The van der Waals surface area contributed by atoms with Gasteiger partial charge in [-0.2, -0.15) is 0 Å². The van der Waals surface area contributed by atoms with Crippen LogP contribution < -0.4 is 5.32 Å². The van der Waals surface area contributed by atoms with Gasteiger partial charge in [-0.15, -0.1) is 0 Å². The third-order valence-corrected chi connectivity index (χ3v) is 4.98. The summed E-state index contributed by atoms with van der Waals surface area (Å²) in [6.07, 6.45) is 4.89. The van der Waals surface area contributed by atoms with Crippen LogP contribution in [0.2, 0.25) is 0 Å². The van der Waals surface area contributed by atoms with Crippen LogP contribution in [-0.4, -0.2) is 41.5 Å². The van der Waals surface area contributed by atoms with Crippen molar-refractivity contribution in [2.24, 2.45) is 0 Å². The van der Waals surface area contributed by atoms with E-state index in [4.69, 9.17) is 8.94 Å². The van der Waals surface area contributed by atoms with Crippen molar-refractivity contribution in [1.82, 2.24) is 15.4 Å². The molecule has 0 bridgehead atoms. The molecule has 2 aromatic heterocycles. The van der Waals surface area contributed by atoms with Crippen molar-refractivity contribution in [3.8, 4) is 0 Å². The van der Waals surface area contributed by atoms with Crippen molar-refractivity contribution in [2.45, 2.75) is 52.4 Å². The van der Waals surface area contributed by atoms with Crippen molar-refractivity contribution in [1.29, 1.82) is 0 Å².